The van der Waals surface area contributed by atoms with Gasteiger partial charge in [0.05, 0.1) is 47.4 Å². The van der Waals surface area contributed by atoms with E-state index >= 15 is 0 Å². The first-order valence-electron chi connectivity index (χ1n) is 14.0. The van der Waals surface area contributed by atoms with Crippen molar-refractivity contribution in [2.24, 2.45) is 5.41 Å². The lowest BCUT2D eigenvalue weighted by Crippen LogP contribution is -2.50. The number of rotatable bonds is 8. The number of hydrogen-bond donors (Lipinski definition) is 2. The Bertz CT molecular complexity index is 1460. The van der Waals surface area contributed by atoms with Crippen LogP contribution in [0.1, 0.15) is 37.5 Å². The number of benzene rings is 4. The third-order valence-corrected chi connectivity index (χ3v) is 12.2. The Hall–Kier alpha value is -3.42. The molecule has 0 radical (unpaired) electrons. The van der Waals surface area contributed by atoms with Gasteiger partial charge in [-0.05, 0) is 65.7 Å². The van der Waals surface area contributed by atoms with Crippen LogP contribution in [-0.2, 0) is 18.5 Å². The summed E-state index contributed by atoms with van der Waals surface area (Å²) in [7, 11) is -2.22. The molecule has 0 amide bonds. The van der Waals surface area contributed by atoms with E-state index in [9.17, 15) is 26.3 Å². The molecule has 232 valence electrons. The molecule has 0 saturated carbocycles. The number of thiocarbonyl (C=S) groups is 1. The molecule has 0 fully saturated rings. The summed E-state index contributed by atoms with van der Waals surface area (Å²) in [5.74, 6) is 0. The molecule has 0 spiro atoms. The zero-order valence-electron chi connectivity index (χ0n) is 24.5. The molecule has 44 heavy (non-hydrogen) atoms. The van der Waals surface area contributed by atoms with Crippen LogP contribution in [0, 0.1) is 5.41 Å². The van der Waals surface area contributed by atoms with Gasteiger partial charge >= 0.3 is 12.4 Å². The van der Waals surface area contributed by atoms with Crippen molar-refractivity contribution in [3.05, 3.63) is 126 Å². The summed E-state index contributed by atoms with van der Waals surface area (Å²) in [6.45, 7) is 6.10. The van der Waals surface area contributed by atoms with E-state index in [1.54, 1.807) is 0 Å². The fraction of sp³-hybridized carbons (Fsp3) is 0.265. The van der Waals surface area contributed by atoms with Gasteiger partial charge in [-0.1, -0.05) is 87.5 Å². The summed E-state index contributed by atoms with van der Waals surface area (Å²) in [5, 5.41) is 8.20. The lowest BCUT2D eigenvalue weighted by Gasteiger charge is -2.38. The van der Waals surface area contributed by atoms with Gasteiger partial charge < -0.3 is 10.6 Å². The zero-order valence-corrected chi connectivity index (χ0v) is 26.2. The Kier molecular flexibility index (Phi) is 10.1. The van der Waals surface area contributed by atoms with E-state index in [4.69, 9.17) is 12.2 Å². The van der Waals surface area contributed by atoms with Crippen molar-refractivity contribution < 1.29 is 26.3 Å². The summed E-state index contributed by atoms with van der Waals surface area (Å²) in [5.41, 5.74) is -2.46. The highest BCUT2D eigenvalue weighted by atomic mass is 32.1. The van der Waals surface area contributed by atoms with Crippen molar-refractivity contribution in [3.8, 4) is 0 Å². The van der Waals surface area contributed by atoms with Gasteiger partial charge in [0, 0.05) is 5.69 Å². The van der Waals surface area contributed by atoms with E-state index in [1.807, 2.05) is 75.4 Å². The Morgan fingerprint density at radius 1 is 0.682 bits per heavy atom. The van der Waals surface area contributed by atoms with Crippen LogP contribution in [0.4, 0.5) is 32.0 Å². The first kappa shape index (κ1) is 33.5. The van der Waals surface area contributed by atoms with Gasteiger partial charge in [0.1, 0.15) is 0 Å². The molecule has 0 saturated heterocycles. The number of nitrogens with one attached hydrogen (secondary N) is 2. The summed E-state index contributed by atoms with van der Waals surface area (Å²) in [6.07, 6.45) is -8.56. The maximum absolute atomic E-state index is 13.5. The molecule has 2 nitrogen and oxygen atoms in total. The highest BCUT2D eigenvalue weighted by molar-refractivity contribution is 7.88. The maximum Gasteiger partial charge on any atom is 0.416 e. The second-order valence-electron chi connectivity index (χ2n) is 11.8. The molecule has 0 bridgehead atoms. The normalized spacial score (nSPS) is 13.3. The van der Waals surface area contributed by atoms with Crippen LogP contribution in [0.5, 0.6) is 0 Å². The second-order valence-corrected chi connectivity index (χ2v) is 15.8. The van der Waals surface area contributed by atoms with Gasteiger partial charge in [-0.3, -0.25) is 0 Å². The monoisotopic (exact) mass is 647 g/mol. The third kappa shape index (κ3) is 8.39. The number of hydrogen-bond acceptors (Lipinski definition) is 1. The summed E-state index contributed by atoms with van der Waals surface area (Å²) >= 11 is 5.53. The molecule has 4 aromatic carbocycles. The standard InChI is InChI=1S/C34H33F6N2PS/c1-32(2,3)30(42-31(44)41-27-20-25(33(35,36)37)19-26(21-27)34(38,39)40)23-43(28-15-9-5-10-16-28,29-17-11-6-12-18-29)22-24-13-7-4-8-14-24/h4-21,30H,22-23H2,1-3H3,(H-,41,42,44)/p+1/t30-/m1/s1. The predicted molar refractivity (Wildman–Crippen MR) is 173 cm³/mol. The van der Waals surface area contributed by atoms with Crippen molar-refractivity contribution in [1.82, 2.24) is 5.32 Å². The minimum atomic E-state index is -4.96. The number of anilines is 1. The smallest absolute Gasteiger partial charge is 0.356 e. The van der Waals surface area contributed by atoms with Crippen molar-refractivity contribution in [2.75, 3.05) is 11.5 Å². The average Bonchev–Trinajstić information content (AvgIpc) is 2.96. The van der Waals surface area contributed by atoms with Crippen molar-refractivity contribution >= 4 is 40.9 Å². The predicted octanol–water partition coefficient (Wildman–Crippen LogP) is 9.29. The zero-order chi connectivity index (χ0) is 32.2. The lowest BCUT2D eigenvalue weighted by molar-refractivity contribution is -0.143. The van der Waals surface area contributed by atoms with Crippen molar-refractivity contribution in [1.29, 1.82) is 0 Å². The molecule has 10 heteroatoms. The van der Waals surface area contributed by atoms with Gasteiger partial charge in [0.2, 0.25) is 0 Å². The lowest BCUT2D eigenvalue weighted by atomic mass is 9.88. The topological polar surface area (TPSA) is 24.1 Å². The van der Waals surface area contributed by atoms with Crippen LogP contribution in [0.2, 0.25) is 0 Å². The molecule has 1 atom stereocenters. The molecule has 0 heterocycles. The fourth-order valence-electron chi connectivity index (χ4n) is 5.13. The van der Waals surface area contributed by atoms with Crippen LogP contribution in [0.25, 0.3) is 0 Å². The van der Waals surface area contributed by atoms with Crippen LogP contribution >= 0.6 is 19.5 Å². The van der Waals surface area contributed by atoms with Gasteiger partial charge in [0.25, 0.3) is 0 Å². The molecule has 4 rings (SSSR count). The van der Waals surface area contributed by atoms with E-state index in [1.165, 1.54) is 10.6 Å². The number of halogens is 6. The van der Waals surface area contributed by atoms with E-state index in [-0.39, 0.29) is 17.2 Å². The Balaban J connectivity index is 1.75. The molecular formula is C34H34F6N2PS+. The van der Waals surface area contributed by atoms with Crippen LogP contribution < -0.4 is 21.2 Å². The minimum Gasteiger partial charge on any atom is -0.356 e. The molecule has 0 aliphatic heterocycles. The van der Waals surface area contributed by atoms with Gasteiger partial charge in [-0.25, -0.2) is 0 Å². The van der Waals surface area contributed by atoms with Crippen LogP contribution in [-0.4, -0.2) is 17.3 Å². The summed E-state index contributed by atoms with van der Waals surface area (Å²) < 4.78 is 80.9. The second kappa shape index (κ2) is 13.3. The first-order valence-corrected chi connectivity index (χ1v) is 16.5. The maximum atomic E-state index is 13.5. The molecule has 0 unspecified atom stereocenters. The van der Waals surface area contributed by atoms with E-state index in [0.29, 0.717) is 18.3 Å². The van der Waals surface area contributed by atoms with E-state index in [0.717, 1.165) is 11.7 Å². The summed E-state index contributed by atoms with van der Waals surface area (Å²) in [4.78, 5) is 0. The first-order chi connectivity index (χ1) is 20.6. The molecule has 2 N–H and O–H groups in total. The Labute approximate surface area is 260 Å². The largest absolute Gasteiger partial charge is 0.416 e. The van der Waals surface area contributed by atoms with E-state index < -0.39 is 41.8 Å². The van der Waals surface area contributed by atoms with Gasteiger partial charge in [-0.15, -0.1) is 0 Å². The highest BCUT2D eigenvalue weighted by Crippen LogP contribution is 2.60. The quantitative estimate of drug-likeness (QED) is 0.113. The third-order valence-electron chi connectivity index (χ3n) is 7.49. The average molecular weight is 648 g/mol. The summed E-state index contributed by atoms with van der Waals surface area (Å²) in [6, 6.07) is 31.7. The molecule has 0 aromatic heterocycles. The van der Waals surface area contributed by atoms with Crippen molar-refractivity contribution in [2.45, 2.75) is 45.3 Å². The SMILES string of the molecule is CC(C)(C)[C@@H](C[P+](Cc1ccccc1)(c1ccccc1)c1ccccc1)NC(=S)Nc1cc(C(F)(F)F)cc(C(F)(F)F)c1. The Morgan fingerprint density at radius 3 is 1.52 bits per heavy atom. The fourth-order valence-corrected chi connectivity index (χ4v) is 10.2. The highest BCUT2D eigenvalue weighted by Gasteiger charge is 2.47. The Morgan fingerprint density at radius 2 is 1.11 bits per heavy atom. The molecule has 0 aliphatic carbocycles. The minimum absolute atomic E-state index is 0.0590. The van der Waals surface area contributed by atoms with Crippen LogP contribution in [0.15, 0.2) is 109 Å². The van der Waals surface area contributed by atoms with Gasteiger partial charge in [-0.2, -0.15) is 26.3 Å². The van der Waals surface area contributed by atoms with Crippen molar-refractivity contribution in [3.63, 3.8) is 0 Å². The van der Waals surface area contributed by atoms with Crippen LogP contribution in [0.3, 0.4) is 0 Å². The van der Waals surface area contributed by atoms with E-state index in [2.05, 4.69) is 47.0 Å². The van der Waals surface area contributed by atoms with Gasteiger partial charge in [0.15, 0.2) is 5.11 Å². The molecular weight excluding hydrogens is 613 g/mol. The number of alkyl halides is 6. The molecule has 4 aromatic rings. The molecule has 0 aliphatic rings.